The zero-order valence-corrected chi connectivity index (χ0v) is 13.5. The molecule has 3 aromatic rings. The first-order valence-corrected chi connectivity index (χ1v) is 7.56. The molecule has 0 atom stereocenters. The van der Waals surface area contributed by atoms with Gasteiger partial charge in [0, 0.05) is 11.5 Å². The highest BCUT2D eigenvalue weighted by Crippen LogP contribution is 2.34. The van der Waals surface area contributed by atoms with Gasteiger partial charge >= 0.3 is 6.18 Å². The fourth-order valence-electron chi connectivity index (χ4n) is 2.43. The van der Waals surface area contributed by atoms with Gasteiger partial charge in [-0.1, -0.05) is 12.1 Å². The van der Waals surface area contributed by atoms with E-state index in [2.05, 4.69) is 5.32 Å². The average molecular weight is 374 g/mol. The Morgan fingerprint density at radius 3 is 2.59 bits per heavy atom. The zero-order valence-electron chi connectivity index (χ0n) is 13.5. The summed E-state index contributed by atoms with van der Waals surface area (Å²) in [5, 5.41) is 11.7. The highest BCUT2D eigenvalue weighted by molar-refractivity contribution is 6.10. The SMILES string of the molecule is N#CC(=Cc1cc2cc(F)ccc2o1)C(=O)Nc1ccccc1C(F)(F)F. The lowest BCUT2D eigenvalue weighted by Gasteiger charge is -2.13. The third-order valence-electron chi connectivity index (χ3n) is 3.63. The summed E-state index contributed by atoms with van der Waals surface area (Å²) in [5.41, 5.74) is -1.63. The Morgan fingerprint density at radius 2 is 1.89 bits per heavy atom. The van der Waals surface area contributed by atoms with Crippen molar-refractivity contribution >= 4 is 28.6 Å². The van der Waals surface area contributed by atoms with E-state index in [4.69, 9.17) is 4.42 Å². The van der Waals surface area contributed by atoms with Crippen molar-refractivity contribution in [2.45, 2.75) is 6.18 Å². The van der Waals surface area contributed by atoms with Crippen LogP contribution in [-0.4, -0.2) is 5.91 Å². The number of hydrogen-bond acceptors (Lipinski definition) is 3. The second-order valence-corrected chi connectivity index (χ2v) is 5.50. The molecule has 1 amide bonds. The normalized spacial score (nSPS) is 12.0. The van der Waals surface area contributed by atoms with Gasteiger partial charge in [-0.15, -0.1) is 0 Å². The van der Waals surface area contributed by atoms with Gasteiger partial charge < -0.3 is 9.73 Å². The van der Waals surface area contributed by atoms with E-state index in [1.807, 2.05) is 0 Å². The lowest BCUT2D eigenvalue weighted by Crippen LogP contribution is -2.17. The maximum absolute atomic E-state index is 13.2. The van der Waals surface area contributed by atoms with Crippen molar-refractivity contribution in [1.29, 1.82) is 5.26 Å². The third kappa shape index (κ3) is 3.98. The smallest absolute Gasteiger partial charge is 0.418 e. The maximum Gasteiger partial charge on any atom is 0.418 e. The number of nitriles is 1. The first kappa shape index (κ1) is 18.2. The quantitative estimate of drug-likeness (QED) is 0.392. The van der Waals surface area contributed by atoms with Gasteiger partial charge in [-0.05, 0) is 36.4 Å². The molecular weight excluding hydrogens is 364 g/mol. The molecule has 27 heavy (non-hydrogen) atoms. The fraction of sp³-hybridized carbons (Fsp3) is 0.0526. The molecule has 0 unspecified atom stereocenters. The van der Waals surface area contributed by atoms with Gasteiger partial charge in [-0.25, -0.2) is 4.39 Å². The van der Waals surface area contributed by atoms with Crippen molar-refractivity contribution in [1.82, 2.24) is 0 Å². The van der Waals surface area contributed by atoms with E-state index in [1.54, 1.807) is 6.07 Å². The van der Waals surface area contributed by atoms with E-state index in [-0.39, 0.29) is 5.76 Å². The molecule has 0 radical (unpaired) electrons. The Labute approximate surface area is 150 Å². The van der Waals surface area contributed by atoms with Crippen LogP contribution >= 0.6 is 0 Å². The number of para-hydroxylation sites is 1. The van der Waals surface area contributed by atoms with Crippen LogP contribution in [0.15, 0.2) is 58.5 Å². The second kappa shape index (κ2) is 6.96. The molecule has 0 aliphatic heterocycles. The summed E-state index contributed by atoms with van der Waals surface area (Å²) in [6.07, 6.45) is -3.59. The van der Waals surface area contributed by atoms with Crippen LogP contribution in [0, 0.1) is 17.1 Å². The Bertz CT molecular complexity index is 1090. The molecule has 2 aromatic carbocycles. The largest absolute Gasteiger partial charge is 0.457 e. The van der Waals surface area contributed by atoms with Crippen LogP contribution in [0.25, 0.3) is 17.0 Å². The molecular formula is C19H10F4N2O2. The molecule has 3 rings (SSSR count). The second-order valence-electron chi connectivity index (χ2n) is 5.50. The van der Waals surface area contributed by atoms with Crippen LogP contribution in [0.1, 0.15) is 11.3 Å². The van der Waals surface area contributed by atoms with E-state index in [0.717, 1.165) is 18.2 Å². The summed E-state index contributed by atoms with van der Waals surface area (Å²) >= 11 is 0. The van der Waals surface area contributed by atoms with Crippen LogP contribution in [-0.2, 0) is 11.0 Å². The Morgan fingerprint density at radius 1 is 1.15 bits per heavy atom. The first-order valence-electron chi connectivity index (χ1n) is 7.56. The molecule has 0 aliphatic carbocycles. The minimum Gasteiger partial charge on any atom is -0.457 e. The topological polar surface area (TPSA) is 66.0 Å². The van der Waals surface area contributed by atoms with Gasteiger partial charge in [0.2, 0.25) is 0 Å². The lowest BCUT2D eigenvalue weighted by atomic mass is 10.1. The van der Waals surface area contributed by atoms with Gasteiger partial charge in [0.15, 0.2) is 0 Å². The molecule has 0 aliphatic rings. The Hall–Kier alpha value is -3.60. The molecule has 0 bridgehead atoms. The number of carbonyl (C=O) groups excluding carboxylic acids is 1. The molecule has 1 N–H and O–H groups in total. The molecule has 136 valence electrons. The number of anilines is 1. The van der Waals surface area contributed by atoms with Crippen molar-refractivity contribution in [3.05, 3.63) is 71.2 Å². The van der Waals surface area contributed by atoms with Gasteiger partial charge in [0.1, 0.15) is 28.8 Å². The molecule has 0 saturated heterocycles. The van der Waals surface area contributed by atoms with Crippen LogP contribution in [0.2, 0.25) is 0 Å². The molecule has 1 heterocycles. The van der Waals surface area contributed by atoms with Crippen molar-refractivity contribution in [3.8, 4) is 6.07 Å². The van der Waals surface area contributed by atoms with E-state index < -0.39 is 34.7 Å². The number of nitrogens with one attached hydrogen (secondary N) is 1. The third-order valence-corrected chi connectivity index (χ3v) is 3.63. The highest BCUT2D eigenvalue weighted by Gasteiger charge is 2.33. The van der Waals surface area contributed by atoms with Gasteiger partial charge in [0.05, 0.1) is 11.3 Å². The van der Waals surface area contributed by atoms with Crippen molar-refractivity contribution < 1.29 is 26.8 Å². The van der Waals surface area contributed by atoms with Crippen LogP contribution in [0.3, 0.4) is 0 Å². The van der Waals surface area contributed by atoms with Gasteiger partial charge in [-0.2, -0.15) is 18.4 Å². The number of hydrogen-bond donors (Lipinski definition) is 1. The molecule has 0 fully saturated rings. The Kier molecular flexibility index (Phi) is 4.69. The summed E-state index contributed by atoms with van der Waals surface area (Å²) < 4.78 is 57.6. The highest BCUT2D eigenvalue weighted by atomic mass is 19.4. The standard InChI is InChI=1S/C19H10F4N2O2/c20-13-5-6-17-11(7-13)8-14(27-17)9-12(10-24)18(26)25-16-4-2-1-3-15(16)19(21,22)23/h1-9H,(H,25,26). The number of fused-ring (bicyclic) bond motifs is 1. The first-order chi connectivity index (χ1) is 12.8. The van der Waals surface area contributed by atoms with E-state index in [0.29, 0.717) is 11.0 Å². The minimum absolute atomic E-state index is 0.0893. The minimum atomic E-state index is -4.66. The molecule has 0 saturated carbocycles. The average Bonchev–Trinajstić information content (AvgIpc) is 3.00. The van der Waals surface area contributed by atoms with Gasteiger partial charge in [-0.3, -0.25) is 4.79 Å². The van der Waals surface area contributed by atoms with Crippen LogP contribution in [0.5, 0.6) is 0 Å². The summed E-state index contributed by atoms with van der Waals surface area (Å²) in [4.78, 5) is 12.2. The number of benzene rings is 2. The number of furan rings is 1. The number of alkyl halides is 3. The predicted octanol–water partition coefficient (Wildman–Crippen LogP) is 5.14. The van der Waals surface area contributed by atoms with Crippen LogP contribution in [0.4, 0.5) is 23.2 Å². The fourth-order valence-corrected chi connectivity index (χ4v) is 2.43. The van der Waals surface area contributed by atoms with Crippen molar-refractivity contribution in [3.63, 3.8) is 0 Å². The molecule has 4 nitrogen and oxygen atoms in total. The molecule has 1 aromatic heterocycles. The maximum atomic E-state index is 13.2. The summed E-state index contributed by atoms with van der Waals surface area (Å²) in [5.74, 6) is -1.42. The van der Waals surface area contributed by atoms with E-state index in [9.17, 15) is 27.6 Å². The molecule has 8 heteroatoms. The van der Waals surface area contributed by atoms with Crippen LogP contribution < -0.4 is 5.32 Å². The summed E-state index contributed by atoms with van der Waals surface area (Å²) in [7, 11) is 0. The van der Waals surface area contributed by atoms with E-state index in [1.165, 1.54) is 36.4 Å². The predicted molar refractivity (Wildman–Crippen MR) is 89.8 cm³/mol. The lowest BCUT2D eigenvalue weighted by molar-refractivity contribution is -0.137. The number of carbonyl (C=O) groups is 1. The summed E-state index contributed by atoms with van der Waals surface area (Å²) in [6, 6.07) is 11.2. The number of amides is 1. The van der Waals surface area contributed by atoms with E-state index >= 15 is 0 Å². The number of rotatable bonds is 3. The monoisotopic (exact) mass is 374 g/mol. The molecule has 0 spiro atoms. The summed E-state index contributed by atoms with van der Waals surface area (Å²) in [6.45, 7) is 0. The van der Waals surface area contributed by atoms with Crippen molar-refractivity contribution in [2.75, 3.05) is 5.32 Å². The van der Waals surface area contributed by atoms with Crippen molar-refractivity contribution in [2.24, 2.45) is 0 Å². The van der Waals surface area contributed by atoms with Gasteiger partial charge in [0.25, 0.3) is 5.91 Å². The zero-order chi connectivity index (χ0) is 19.6. The number of nitrogens with zero attached hydrogens (tertiary/aromatic N) is 1. The Balaban J connectivity index is 1.90. The number of halogens is 4.